The van der Waals surface area contributed by atoms with Crippen LogP contribution in [-0.2, 0) is 38.4 Å². The number of hydrogen-bond donors (Lipinski definition) is 12. The maximum absolute atomic E-state index is 13.0. The van der Waals surface area contributed by atoms with Crippen LogP contribution >= 0.6 is 23.5 Å². The molecule has 0 bridgehead atoms. The van der Waals surface area contributed by atoms with Crippen molar-refractivity contribution >= 4 is 70.8 Å². The van der Waals surface area contributed by atoms with Gasteiger partial charge >= 0.3 is 0 Å². The third-order valence-electron chi connectivity index (χ3n) is 10.6. The molecule has 4 aromatic carbocycles. The molecule has 0 aliphatic heterocycles. The van der Waals surface area contributed by atoms with Crippen molar-refractivity contribution in [3.05, 3.63) is 117 Å². The number of aryl methyl sites for hydroxylation is 2. The molecule has 0 aromatic heterocycles. The summed E-state index contributed by atoms with van der Waals surface area (Å²) in [4.78, 5) is 101. The zero-order chi connectivity index (χ0) is 52.0. The largest absolute Gasteiger partial charge is 0.507 e. The number of unbranched alkanes of at least 4 members (excludes halogenated alkanes) is 2. The van der Waals surface area contributed by atoms with Gasteiger partial charge in [-0.05, 0) is 117 Å². The molecule has 0 spiro atoms. The van der Waals surface area contributed by atoms with E-state index < -0.39 is 57.8 Å². The summed E-state index contributed by atoms with van der Waals surface area (Å²) in [5, 5.41) is 39.8. The van der Waals surface area contributed by atoms with Gasteiger partial charge < -0.3 is 20.4 Å². The van der Waals surface area contributed by atoms with Crippen molar-refractivity contribution in [1.29, 1.82) is 0 Å². The predicted molar refractivity (Wildman–Crippen MR) is 268 cm³/mol. The third-order valence-corrected chi connectivity index (χ3v) is 12.9. The molecule has 0 aliphatic rings. The van der Waals surface area contributed by atoms with Gasteiger partial charge in [0.25, 0.3) is 35.4 Å². The Morgan fingerprint density at radius 1 is 0.437 bits per heavy atom. The van der Waals surface area contributed by atoms with Crippen LogP contribution in [0, 0.1) is 0 Å². The molecule has 4 aromatic rings. The Labute approximate surface area is 419 Å². The number of benzene rings is 4. The lowest BCUT2D eigenvalue weighted by molar-refractivity contribution is -0.122. The number of carbonyl (C=O) groups excluding carboxylic acids is 8. The fourth-order valence-corrected chi connectivity index (χ4v) is 8.22. The van der Waals surface area contributed by atoms with Gasteiger partial charge in [-0.15, -0.1) is 23.5 Å². The van der Waals surface area contributed by atoms with Crippen LogP contribution in [0.1, 0.15) is 130 Å². The first-order valence-corrected chi connectivity index (χ1v) is 24.9. The van der Waals surface area contributed by atoms with Crippen molar-refractivity contribution < 1.29 is 58.8 Å². The number of hydrogen-bond acceptors (Lipinski definition) is 14. The van der Waals surface area contributed by atoms with Crippen LogP contribution < -0.4 is 43.4 Å². The number of thioether (sulfide) groups is 2. The van der Waals surface area contributed by atoms with Crippen LogP contribution in [0.2, 0.25) is 0 Å². The van der Waals surface area contributed by atoms with E-state index in [9.17, 15) is 58.8 Å². The molecule has 0 aliphatic carbocycles. The quantitative estimate of drug-likeness (QED) is 0.0490. The van der Waals surface area contributed by atoms with Crippen LogP contribution in [-0.4, -0.2) is 89.7 Å². The fourth-order valence-electron chi connectivity index (χ4n) is 6.48. The molecule has 20 nitrogen and oxygen atoms in total. The highest BCUT2D eigenvalue weighted by Gasteiger charge is 2.21. The SMILES string of the molecule is CCCCc1ccc(O)c(C(=O)NNC(=O)C(C)SCCC(=O)NNC(=O)c2cc(Cc3ccc(O)c(C(=O)NNC(=O)CCSC(C)C(=O)NNC(=O)c4cc(CCCC)ccc4O)c3)ccc2O)c1. The van der Waals surface area contributed by atoms with E-state index in [0.29, 0.717) is 11.1 Å². The molecule has 12 N–H and O–H groups in total. The first kappa shape index (κ1) is 56.1. The standard InChI is InChI=1S/C49H60N8O12S2/c1-5-7-9-30-11-15-38(58)34(24-30)48(68)56-52-44(64)28(3)70-21-19-42(62)50-54-46(66)36-26-32(13-17-40(36)60)23-33-14-18-41(61)37(27-33)47(67)55-51-43(63)20-22-71-29(4)45(65)53-57-49(69)35-25-31(10-8-6-2)12-16-39(35)59/h11-18,24-29,58-61H,5-10,19-23H2,1-4H3,(H,50,62)(H,51,63)(H,52,64)(H,53,65)(H,54,66)(H,55,67)(H,56,68)(H,57,69). The van der Waals surface area contributed by atoms with E-state index in [1.807, 2.05) is 13.8 Å². The average Bonchev–Trinajstić information content (AvgIpc) is 3.35. The Kier molecular flexibility index (Phi) is 22.3. The van der Waals surface area contributed by atoms with Gasteiger partial charge in [0.15, 0.2) is 0 Å². The van der Waals surface area contributed by atoms with E-state index in [0.717, 1.165) is 73.2 Å². The van der Waals surface area contributed by atoms with Gasteiger partial charge in [-0.1, -0.05) is 51.0 Å². The van der Waals surface area contributed by atoms with Crippen molar-refractivity contribution in [3.8, 4) is 23.0 Å². The lowest BCUT2D eigenvalue weighted by Crippen LogP contribution is -2.45. The predicted octanol–water partition coefficient (Wildman–Crippen LogP) is 4.25. The van der Waals surface area contributed by atoms with Gasteiger partial charge in [0, 0.05) is 24.3 Å². The van der Waals surface area contributed by atoms with E-state index in [1.54, 1.807) is 38.1 Å². The van der Waals surface area contributed by atoms with Gasteiger partial charge in [-0.2, -0.15) is 0 Å². The van der Waals surface area contributed by atoms with E-state index in [1.165, 1.54) is 48.5 Å². The molecular formula is C49H60N8O12S2. The van der Waals surface area contributed by atoms with Gasteiger partial charge in [-0.3, -0.25) is 81.8 Å². The molecule has 22 heteroatoms. The lowest BCUT2D eigenvalue weighted by atomic mass is 10.00. The van der Waals surface area contributed by atoms with E-state index >= 15 is 0 Å². The van der Waals surface area contributed by atoms with Crippen LogP contribution in [0.5, 0.6) is 23.0 Å². The molecular weight excluding hydrogens is 957 g/mol. The minimum Gasteiger partial charge on any atom is -0.507 e. The summed E-state index contributed by atoms with van der Waals surface area (Å²) in [7, 11) is 0. The Morgan fingerprint density at radius 2 is 0.732 bits per heavy atom. The first-order chi connectivity index (χ1) is 33.9. The molecule has 4 rings (SSSR count). The Morgan fingerprint density at radius 3 is 1.06 bits per heavy atom. The number of nitrogens with one attached hydrogen (secondary N) is 8. The lowest BCUT2D eigenvalue weighted by Gasteiger charge is -2.14. The third kappa shape index (κ3) is 18.1. The van der Waals surface area contributed by atoms with Gasteiger partial charge in [0.2, 0.25) is 11.8 Å². The summed E-state index contributed by atoms with van der Waals surface area (Å²) < 4.78 is 0. The summed E-state index contributed by atoms with van der Waals surface area (Å²) in [6.45, 7) is 7.23. The van der Waals surface area contributed by atoms with Gasteiger partial charge in [0.05, 0.1) is 32.8 Å². The zero-order valence-electron chi connectivity index (χ0n) is 39.7. The normalized spacial score (nSPS) is 11.5. The number of carbonyl (C=O) groups is 8. The molecule has 0 heterocycles. The summed E-state index contributed by atoms with van der Waals surface area (Å²) in [6, 6.07) is 17.8. The fraction of sp³-hybridized carbons (Fsp3) is 0.347. The highest BCUT2D eigenvalue weighted by atomic mass is 32.2. The monoisotopic (exact) mass is 1020 g/mol. The minimum atomic E-state index is -0.835. The summed E-state index contributed by atoms with van der Waals surface area (Å²) in [5.41, 5.74) is 20.7. The summed E-state index contributed by atoms with van der Waals surface area (Å²) in [6.07, 6.45) is 5.14. The number of aromatic hydroxyl groups is 4. The van der Waals surface area contributed by atoms with Gasteiger partial charge in [-0.25, -0.2) is 0 Å². The first-order valence-electron chi connectivity index (χ1n) is 22.8. The topological polar surface area (TPSA) is 314 Å². The molecule has 0 radical (unpaired) electrons. The second-order valence-electron chi connectivity index (χ2n) is 16.2. The number of hydrazine groups is 4. The van der Waals surface area contributed by atoms with E-state index in [2.05, 4.69) is 43.4 Å². The molecule has 2 unspecified atom stereocenters. The number of phenolic OH excluding ortho intramolecular Hbond substituents is 4. The number of amides is 8. The second-order valence-corrected chi connectivity index (χ2v) is 19.1. The van der Waals surface area contributed by atoms with Crippen molar-refractivity contribution in [2.75, 3.05) is 11.5 Å². The smallest absolute Gasteiger partial charge is 0.273 e. The summed E-state index contributed by atoms with van der Waals surface area (Å²) in [5.74, 6) is -6.20. The summed E-state index contributed by atoms with van der Waals surface area (Å²) >= 11 is 2.23. The van der Waals surface area contributed by atoms with E-state index in [4.69, 9.17) is 0 Å². The molecule has 71 heavy (non-hydrogen) atoms. The van der Waals surface area contributed by atoms with Gasteiger partial charge in [0.1, 0.15) is 23.0 Å². The Bertz CT molecular complexity index is 2410. The van der Waals surface area contributed by atoms with Crippen molar-refractivity contribution in [1.82, 2.24) is 43.4 Å². The molecule has 0 fully saturated rings. The number of rotatable bonds is 22. The second kappa shape index (κ2) is 28.3. The van der Waals surface area contributed by atoms with Crippen molar-refractivity contribution in [2.45, 2.75) is 96.0 Å². The van der Waals surface area contributed by atoms with E-state index in [-0.39, 0.29) is 76.0 Å². The molecule has 2 atom stereocenters. The van der Waals surface area contributed by atoms with Crippen LogP contribution in [0.3, 0.4) is 0 Å². The maximum Gasteiger partial charge on any atom is 0.273 e. The zero-order valence-corrected chi connectivity index (χ0v) is 41.4. The minimum absolute atomic E-state index is 0.0219. The van der Waals surface area contributed by atoms with Crippen LogP contribution in [0.15, 0.2) is 72.8 Å². The highest BCUT2D eigenvalue weighted by Crippen LogP contribution is 2.25. The Hall–Kier alpha value is -7.46. The molecule has 0 saturated heterocycles. The molecule has 0 saturated carbocycles. The maximum atomic E-state index is 13.0. The van der Waals surface area contributed by atoms with Crippen LogP contribution in [0.4, 0.5) is 0 Å². The Balaban J connectivity index is 1.17. The number of phenols is 4. The average molecular weight is 1020 g/mol. The highest BCUT2D eigenvalue weighted by molar-refractivity contribution is 8.00. The molecule has 8 amide bonds. The van der Waals surface area contributed by atoms with Crippen molar-refractivity contribution in [3.63, 3.8) is 0 Å². The van der Waals surface area contributed by atoms with Crippen LogP contribution in [0.25, 0.3) is 0 Å². The molecule has 380 valence electrons. The van der Waals surface area contributed by atoms with Crippen molar-refractivity contribution in [2.24, 2.45) is 0 Å².